The molecule has 0 aromatic heterocycles. The van der Waals surface area contributed by atoms with E-state index in [1.807, 2.05) is 41.8 Å². The maximum absolute atomic E-state index is 5.75. The van der Waals surface area contributed by atoms with Gasteiger partial charge in [-0.2, -0.15) is 0 Å². The van der Waals surface area contributed by atoms with E-state index in [0.717, 1.165) is 18.0 Å². The van der Waals surface area contributed by atoms with Gasteiger partial charge in [-0.1, -0.05) is 30.1 Å². The molecule has 0 saturated carbocycles. The van der Waals surface area contributed by atoms with Crippen LogP contribution in [-0.2, 0) is 16.3 Å². The topological polar surface area (TPSA) is 9.23 Å². The second-order valence-corrected chi connectivity index (χ2v) is 13.2. The summed E-state index contributed by atoms with van der Waals surface area (Å²) in [6.07, 6.45) is 1.02. The molecular weight excluding hydrogens is 271 g/mol. The van der Waals surface area contributed by atoms with Crippen LogP contribution in [0.4, 0.5) is 0 Å². The first-order valence-corrected chi connectivity index (χ1v) is 11.5. The van der Waals surface area contributed by atoms with Gasteiger partial charge in [0, 0.05) is 34.6 Å². The lowest BCUT2D eigenvalue weighted by molar-refractivity contribution is 0.385. The van der Waals surface area contributed by atoms with E-state index >= 15 is 0 Å². The minimum atomic E-state index is -1.55. The van der Waals surface area contributed by atoms with Gasteiger partial charge in [0.15, 0.2) is 0 Å². The van der Waals surface area contributed by atoms with Crippen molar-refractivity contribution in [2.45, 2.75) is 19.1 Å². The third-order valence-corrected chi connectivity index (χ3v) is 12.0. The summed E-state index contributed by atoms with van der Waals surface area (Å²) in [7, 11) is 0. The van der Waals surface area contributed by atoms with Crippen LogP contribution in [0.1, 0.15) is 13.8 Å². The number of thioether (sulfide) groups is 2. The molecule has 1 aliphatic rings. The average Bonchev–Trinajstić information content (AvgIpc) is 2.20. The minimum absolute atomic E-state index is 0.719. The monoisotopic (exact) mass is 288 g/mol. The molecule has 1 nitrogen and oxygen atoms in total. The highest BCUT2D eigenvalue weighted by Crippen LogP contribution is 2.62. The van der Waals surface area contributed by atoms with Crippen molar-refractivity contribution in [3.63, 3.8) is 0 Å². The summed E-state index contributed by atoms with van der Waals surface area (Å²) in [5, 5.41) is 1.97. The lowest BCUT2D eigenvalue weighted by Gasteiger charge is -2.27. The number of rotatable bonds is 5. The summed E-state index contributed by atoms with van der Waals surface area (Å²) in [6, 6.07) is 0. The molecule has 14 heavy (non-hydrogen) atoms. The molecule has 1 unspecified atom stereocenters. The first kappa shape index (κ1) is 13.7. The smallest absolute Gasteiger partial charge is 0.119 e. The summed E-state index contributed by atoms with van der Waals surface area (Å²) in [6.45, 7) is 4.97. The standard InChI is InChI=1S/C8H17OPS4/c1-3-9-10(11,4-2)14-8-5-12-7-13-6-8/h8H,3-7H2,1-2H3. The molecule has 1 fully saturated rings. The van der Waals surface area contributed by atoms with E-state index < -0.39 is 5.47 Å². The Hall–Kier alpha value is 1.66. The highest BCUT2D eigenvalue weighted by atomic mass is 32.9. The van der Waals surface area contributed by atoms with E-state index in [1.165, 1.54) is 16.6 Å². The molecule has 6 heteroatoms. The molecule has 0 aliphatic carbocycles. The fourth-order valence-corrected chi connectivity index (χ4v) is 10.4. The van der Waals surface area contributed by atoms with Crippen molar-refractivity contribution in [1.29, 1.82) is 0 Å². The normalized spacial score (nSPS) is 23.3. The predicted molar refractivity (Wildman–Crippen MR) is 77.6 cm³/mol. The molecule has 0 bridgehead atoms. The minimum Gasteiger partial charge on any atom is -0.342 e. The highest BCUT2D eigenvalue weighted by Gasteiger charge is 2.24. The van der Waals surface area contributed by atoms with Crippen molar-refractivity contribution in [3.05, 3.63) is 0 Å². The van der Waals surface area contributed by atoms with Gasteiger partial charge in [0.2, 0.25) is 0 Å². The van der Waals surface area contributed by atoms with Crippen molar-refractivity contribution < 1.29 is 4.52 Å². The average molecular weight is 288 g/mol. The molecule has 84 valence electrons. The van der Waals surface area contributed by atoms with Crippen molar-refractivity contribution in [3.8, 4) is 0 Å². The molecule has 1 rings (SSSR count). The van der Waals surface area contributed by atoms with Crippen LogP contribution in [0.15, 0.2) is 0 Å². The van der Waals surface area contributed by atoms with Crippen molar-refractivity contribution in [1.82, 2.24) is 0 Å². The highest BCUT2D eigenvalue weighted by molar-refractivity contribution is 8.69. The summed E-state index contributed by atoms with van der Waals surface area (Å²) >= 11 is 11.6. The van der Waals surface area contributed by atoms with Crippen LogP contribution in [0.2, 0.25) is 0 Å². The summed E-state index contributed by atoms with van der Waals surface area (Å²) < 4.78 is 5.75. The van der Waals surface area contributed by atoms with Crippen LogP contribution in [-0.4, -0.2) is 34.6 Å². The SMILES string of the molecule is CCOP(=S)(CC)SC1CSCSC1. The molecule has 0 amide bonds. The van der Waals surface area contributed by atoms with Gasteiger partial charge in [-0.05, 0) is 6.92 Å². The van der Waals surface area contributed by atoms with Gasteiger partial charge >= 0.3 is 0 Å². The second-order valence-electron chi connectivity index (χ2n) is 2.93. The zero-order chi connectivity index (χ0) is 10.4. The Morgan fingerprint density at radius 1 is 1.43 bits per heavy atom. The Bertz CT molecular complexity index is 206. The van der Waals surface area contributed by atoms with E-state index in [4.69, 9.17) is 16.3 Å². The maximum atomic E-state index is 5.75. The Labute approximate surface area is 105 Å². The Kier molecular flexibility index (Phi) is 6.94. The first-order chi connectivity index (χ1) is 6.70. The fourth-order valence-electron chi connectivity index (χ4n) is 1.15. The molecule has 1 saturated heterocycles. The lowest BCUT2D eigenvalue weighted by Crippen LogP contribution is -2.14. The molecule has 0 spiro atoms. The van der Waals surface area contributed by atoms with Crippen LogP contribution in [0.25, 0.3) is 0 Å². The van der Waals surface area contributed by atoms with Gasteiger partial charge in [-0.25, -0.2) is 0 Å². The van der Waals surface area contributed by atoms with Gasteiger partial charge in [0.25, 0.3) is 0 Å². The van der Waals surface area contributed by atoms with Crippen molar-refractivity contribution in [2.24, 2.45) is 0 Å². The Morgan fingerprint density at radius 2 is 2.07 bits per heavy atom. The van der Waals surface area contributed by atoms with E-state index in [1.54, 1.807) is 0 Å². The largest absolute Gasteiger partial charge is 0.342 e. The van der Waals surface area contributed by atoms with E-state index in [9.17, 15) is 0 Å². The first-order valence-electron chi connectivity index (χ1n) is 4.77. The summed E-state index contributed by atoms with van der Waals surface area (Å²) in [5.74, 6) is 2.51. The van der Waals surface area contributed by atoms with Crippen molar-refractivity contribution >= 4 is 52.2 Å². The molecule has 0 radical (unpaired) electrons. The number of hydrogen-bond acceptors (Lipinski definition) is 5. The van der Waals surface area contributed by atoms with Crippen LogP contribution in [0, 0.1) is 0 Å². The van der Waals surface area contributed by atoms with Crippen LogP contribution < -0.4 is 0 Å². The number of hydrogen-bond donors (Lipinski definition) is 0. The fraction of sp³-hybridized carbons (Fsp3) is 1.00. The quantitative estimate of drug-likeness (QED) is 0.708. The van der Waals surface area contributed by atoms with Gasteiger partial charge in [-0.3, -0.25) is 0 Å². The predicted octanol–water partition coefficient (Wildman–Crippen LogP) is 3.89. The Morgan fingerprint density at radius 3 is 2.57 bits per heavy atom. The lowest BCUT2D eigenvalue weighted by atomic mass is 10.5. The van der Waals surface area contributed by atoms with Gasteiger partial charge < -0.3 is 4.52 Å². The van der Waals surface area contributed by atoms with Crippen LogP contribution in [0.5, 0.6) is 0 Å². The van der Waals surface area contributed by atoms with Crippen LogP contribution in [0.3, 0.4) is 0 Å². The Balaban J connectivity index is 2.41. The van der Waals surface area contributed by atoms with Gasteiger partial charge in [0.05, 0.1) is 0 Å². The summed E-state index contributed by atoms with van der Waals surface area (Å²) in [5.41, 5.74) is -1.55. The third kappa shape index (κ3) is 4.67. The third-order valence-electron chi connectivity index (χ3n) is 1.80. The van der Waals surface area contributed by atoms with Crippen LogP contribution >= 0.6 is 40.4 Å². The second kappa shape index (κ2) is 7.08. The van der Waals surface area contributed by atoms with E-state index in [-0.39, 0.29) is 0 Å². The van der Waals surface area contributed by atoms with E-state index in [2.05, 4.69) is 6.92 Å². The zero-order valence-corrected chi connectivity index (χ0v) is 12.8. The summed E-state index contributed by atoms with van der Waals surface area (Å²) in [4.78, 5) is 0. The van der Waals surface area contributed by atoms with Crippen molar-refractivity contribution in [2.75, 3.05) is 29.4 Å². The molecule has 1 atom stereocenters. The molecule has 1 aliphatic heterocycles. The van der Waals surface area contributed by atoms with Gasteiger partial charge in [-0.15, -0.1) is 23.5 Å². The zero-order valence-electron chi connectivity index (χ0n) is 8.60. The van der Waals surface area contributed by atoms with E-state index in [0.29, 0.717) is 0 Å². The molecular formula is C8H17OPS4. The molecule has 1 heterocycles. The van der Waals surface area contributed by atoms with Gasteiger partial charge in [0.1, 0.15) is 5.47 Å². The molecule has 0 aromatic carbocycles. The molecule has 0 aromatic rings. The maximum Gasteiger partial charge on any atom is 0.119 e. The molecule has 0 N–H and O–H groups in total.